The molecule has 4 rings (SSSR count). The van der Waals surface area contributed by atoms with Gasteiger partial charge in [0.15, 0.2) is 0 Å². The molecule has 0 spiro atoms. The quantitative estimate of drug-likeness (QED) is 0.412. The second-order valence-electron chi connectivity index (χ2n) is 8.31. The van der Waals surface area contributed by atoms with E-state index in [1.165, 1.54) is 46.8 Å². The number of sulfonamides is 2. The number of nitrogens with zero attached hydrogens (tertiary/aromatic N) is 1. The van der Waals surface area contributed by atoms with E-state index in [0.29, 0.717) is 12.1 Å². The molecule has 3 aromatic rings. The molecule has 1 heterocycles. The lowest BCUT2D eigenvalue weighted by Gasteiger charge is -2.26. The number of nitrogens with one attached hydrogen (secondary N) is 2. The number of benzene rings is 3. The number of rotatable bonds is 7. The van der Waals surface area contributed by atoms with Crippen molar-refractivity contribution in [1.82, 2.24) is 4.31 Å². The molecule has 3 aromatic carbocycles. The van der Waals surface area contributed by atoms with Crippen molar-refractivity contribution in [2.45, 2.75) is 16.0 Å². The fourth-order valence-corrected chi connectivity index (χ4v) is 6.32. The maximum atomic E-state index is 13.0. The molecule has 1 aliphatic rings. The van der Waals surface area contributed by atoms with E-state index in [-0.39, 0.29) is 53.2 Å². The number of carbonyl (C=O) groups is 1. The first-order chi connectivity index (χ1) is 18.3. The summed E-state index contributed by atoms with van der Waals surface area (Å²) in [5.41, 5.74) is -1.15. The minimum absolute atomic E-state index is 0.0233. The first-order valence-corrected chi connectivity index (χ1v) is 14.6. The zero-order chi connectivity index (χ0) is 28.4. The van der Waals surface area contributed by atoms with Crippen LogP contribution in [0.4, 0.5) is 24.5 Å². The Balaban J connectivity index is 1.53. The molecule has 15 heteroatoms. The monoisotopic (exact) mass is 603 g/mol. The number of amides is 1. The van der Waals surface area contributed by atoms with Gasteiger partial charge in [-0.2, -0.15) is 17.5 Å². The third kappa shape index (κ3) is 6.70. The van der Waals surface area contributed by atoms with E-state index in [1.54, 1.807) is 0 Å². The van der Waals surface area contributed by atoms with Crippen LogP contribution in [0.15, 0.2) is 76.5 Å². The van der Waals surface area contributed by atoms with Crippen molar-refractivity contribution >= 4 is 48.9 Å². The first kappa shape index (κ1) is 28.8. The molecule has 1 fully saturated rings. The van der Waals surface area contributed by atoms with Gasteiger partial charge in [0.05, 0.1) is 39.8 Å². The van der Waals surface area contributed by atoms with E-state index >= 15 is 0 Å². The number of hydrogen-bond acceptors (Lipinski definition) is 6. The van der Waals surface area contributed by atoms with Gasteiger partial charge in [0, 0.05) is 23.8 Å². The summed E-state index contributed by atoms with van der Waals surface area (Å²) in [6, 6.07) is 12.0. The van der Waals surface area contributed by atoms with Crippen LogP contribution in [0, 0.1) is 0 Å². The van der Waals surface area contributed by atoms with Gasteiger partial charge in [-0.3, -0.25) is 9.52 Å². The second-order valence-corrected chi connectivity index (χ2v) is 12.4. The van der Waals surface area contributed by atoms with E-state index in [0.717, 1.165) is 12.1 Å². The number of hydrogen-bond donors (Lipinski definition) is 2. The Morgan fingerprint density at radius 3 is 2.05 bits per heavy atom. The van der Waals surface area contributed by atoms with Crippen molar-refractivity contribution in [2.75, 3.05) is 36.3 Å². The number of alkyl halides is 3. The molecule has 0 aliphatic carbocycles. The number of halogens is 4. The van der Waals surface area contributed by atoms with Gasteiger partial charge in [0.25, 0.3) is 15.9 Å². The average Bonchev–Trinajstić information content (AvgIpc) is 2.90. The average molecular weight is 604 g/mol. The molecule has 39 heavy (non-hydrogen) atoms. The molecule has 0 radical (unpaired) electrons. The Morgan fingerprint density at radius 1 is 0.872 bits per heavy atom. The largest absolute Gasteiger partial charge is 0.416 e. The van der Waals surface area contributed by atoms with Crippen LogP contribution < -0.4 is 10.0 Å². The Kier molecular flexibility index (Phi) is 8.23. The fraction of sp³-hybridized carbons (Fsp3) is 0.208. The third-order valence-corrected chi connectivity index (χ3v) is 9.21. The molecule has 0 unspecified atom stereocenters. The molecule has 0 saturated carbocycles. The van der Waals surface area contributed by atoms with Gasteiger partial charge in [0.2, 0.25) is 10.0 Å². The van der Waals surface area contributed by atoms with E-state index in [1.807, 2.05) is 0 Å². The van der Waals surface area contributed by atoms with E-state index in [4.69, 9.17) is 16.3 Å². The van der Waals surface area contributed by atoms with Gasteiger partial charge in [0.1, 0.15) is 0 Å². The molecule has 0 atom stereocenters. The molecule has 208 valence electrons. The first-order valence-electron chi connectivity index (χ1n) is 11.3. The Labute approximate surface area is 227 Å². The van der Waals surface area contributed by atoms with Gasteiger partial charge >= 0.3 is 6.18 Å². The highest BCUT2D eigenvalue weighted by atomic mass is 35.5. The lowest BCUT2D eigenvalue weighted by atomic mass is 10.1. The zero-order valence-corrected chi connectivity index (χ0v) is 22.3. The summed E-state index contributed by atoms with van der Waals surface area (Å²) < 4.78 is 98.4. The van der Waals surface area contributed by atoms with Crippen LogP contribution in [0.5, 0.6) is 0 Å². The van der Waals surface area contributed by atoms with Gasteiger partial charge < -0.3 is 10.1 Å². The standard InChI is InChI=1S/C24H21ClF3N3O6S2/c25-17-3-10-22(30-38(33,34)19-6-1-16(2-7-19)24(26,27)28)21(15-17)23(32)29-18-4-8-20(9-5-18)39(35,36)31-11-13-37-14-12-31/h1-10,15,30H,11-14H2,(H,29,32). The number of carbonyl (C=O) groups excluding carboxylic acids is 1. The second kappa shape index (κ2) is 11.1. The number of morpholine rings is 1. The van der Waals surface area contributed by atoms with Crippen LogP contribution in [0.1, 0.15) is 15.9 Å². The predicted octanol–water partition coefficient (Wildman–Crippen LogP) is 4.43. The summed E-state index contributed by atoms with van der Waals surface area (Å²) in [5.74, 6) is -0.772. The maximum absolute atomic E-state index is 13.0. The third-order valence-electron chi connectivity index (χ3n) is 5.68. The van der Waals surface area contributed by atoms with Crippen LogP contribution >= 0.6 is 11.6 Å². The molecule has 9 nitrogen and oxygen atoms in total. The summed E-state index contributed by atoms with van der Waals surface area (Å²) in [4.78, 5) is 12.6. The summed E-state index contributed by atoms with van der Waals surface area (Å²) in [7, 11) is -8.12. The molecule has 2 N–H and O–H groups in total. The summed E-state index contributed by atoms with van der Waals surface area (Å²) in [5, 5.41) is 2.66. The lowest BCUT2D eigenvalue weighted by Crippen LogP contribution is -2.40. The van der Waals surface area contributed by atoms with Crippen LogP contribution in [-0.4, -0.2) is 53.4 Å². The Morgan fingerprint density at radius 2 is 1.46 bits per heavy atom. The Bertz CT molecular complexity index is 1570. The van der Waals surface area contributed by atoms with E-state index in [9.17, 15) is 34.8 Å². The fourth-order valence-electron chi connectivity index (χ4n) is 3.66. The van der Waals surface area contributed by atoms with Crippen LogP contribution in [0.25, 0.3) is 0 Å². The lowest BCUT2D eigenvalue weighted by molar-refractivity contribution is -0.137. The SMILES string of the molecule is O=C(Nc1ccc(S(=O)(=O)N2CCOCC2)cc1)c1cc(Cl)ccc1NS(=O)(=O)c1ccc(C(F)(F)F)cc1. The summed E-state index contributed by atoms with van der Waals surface area (Å²) in [6.45, 7) is 1.03. The van der Waals surface area contributed by atoms with Crippen LogP contribution in [0.3, 0.4) is 0 Å². The van der Waals surface area contributed by atoms with Crippen LogP contribution in [0.2, 0.25) is 5.02 Å². The van der Waals surface area contributed by atoms with Crippen molar-refractivity contribution in [3.05, 3.63) is 82.9 Å². The van der Waals surface area contributed by atoms with Gasteiger partial charge in [-0.15, -0.1) is 0 Å². The minimum atomic E-state index is -4.64. The molecular formula is C24H21ClF3N3O6S2. The normalized spacial score (nSPS) is 15.1. The number of ether oxygens (including phenoxy) is 1. The highest BCUT2D eigenvalue weighted by molar-refractivity contribution is 7.92. The van der Waals surface area contributed by atoms with Crippen LogP contribution in [-0.2, 0) is 31.0 Å². The molecule has 0 bridgehead atoms. The van der Waals surface area contributed by atoms with Crippen molar-refractivity contribution in [3.8, 4) is 0 Å². The Hall–Kier alpha value is -3.17. The number of anilines is 2. The zero-order valence-electron chi connectivity index (χ0n) is 19.9. The van der Waals surface area contributed by atoms with Gasteiger partial charge in [-0.25, -0.2) is 16.8 Å². The summed E-state index contributed by atoms with van der Waals surface area (Å²) in [6.07, 6.45) is -4.64. The van der Waals surface area contributed by atoms with Crippen molar-refractivity contribution < 1.29 is 39.5 Å². The highest BCUT2D eigenvalue weighted by Crippen LogP contribution is 2.31. The van der Waals surface area contributed by atoms with Crippen molar-refractivity contribution in [3.63, 3.8) is 0 Å². The minimum Gasteiger partial charge on any atom is -0.379 e. The molecule has 1 aliphatic heterocycles. The molecular weight excluding hydrogens is 583 g/mol. The molecule has 0 aromatic heterocycles. The smallest absolute Gasteiger partial charge is 0.379 e. The maximum Gasteiger partial charge on any atom is 0.416 e. The van der Waals surface area contributed by atoms with E-state index < -0.39 is 42.6 Å². The molecule has 1 amide bonds. The summed E-state index contributed by atoms with van der Waals surface area (Å²) >= 11 is 6.01. The van der Waals surface area contributed by atoms with Crippen molar-refractivity contribution in [2.24, 2.45) is 0 Å². The topological polar surface area (TPSA) is 122 Å². The predicted molar refractivity (Wildman–Crippen MR) is 138 cm³/mol. The van der Waals surface area contributed by atoms with E-state index in [2.05, 4.69) is 10.0 Å². The van der Waals surface area contributed by atoms with Crippen molar-refractivity contribution in [1.29, 1.82) is 0 Å². The van der Waals surface area contributed by atoms with Gasteiger partial charge in [-0.1, -0.05) is 11.6 Å². The van der Waals surface area contributed by atoms with Gasteiger partial charge in [-0.05, 0) is 66.7 Å². The highest BCUT2D eigenvalue weighted by Gasteiger charge is 2.31. The molecule has 1 saturated heterocycles.